The molecule has 0 aliphatic rings. The van der Waals surface area contributed by atoms with Crippen molar-refractivity contribution in [3.05, 3.63) is 70.2 Å². The number of hydrogen-bond acceptors (Lipinski definition) is 4. The van der Waals surface area contributed by atoms with Crippen LogP contribution in [0.15, 0.2) is 59.7 Å². The number of hydrogen-bond donors (Lipinski definition) is 1. The lowest BCUT2D eigenvalue weighted by Gasteiger charge is -2.11. The molecule has 2 heterocycles. The summed E-state index contributed by atoms with van der Waals surface area (Å²) in [6.45, 7) is 2.36. The maximum absolute atomic E-state index is 12.4. The van der Waals surface area contributed by atoms with Gasteiger partial charge in [-0.1, -0.05) is 23.7 Å². The molecule has 5 nitrogen and oxygen atoms in total. The molecule has 0 fully saturated rings. The van der Waals surface area contributed by atoms with Crippen LogP contribution in [-0.2, 0) is 6.54 Å². The van der Waals surface area contributed by atoms with E-state index < -0.39 is 0 Å². The zero-order valence-corrected chi connectivity index (χ0v) is 13.3. The normalized spacial score (nSPS) is 10.5. The van der Waals surface area contributed by atoms with Gasteiger partial charge < -0.3 is 5.32 Å². The lowest BCUT2D eigenvalue weighted by atomic mass is 10.1. The molecule has 1 N–H and O–H groups in total. The largest absolute Gasteiger partial charge is 0.350 e. The molecular weight excluding hydrogens is 312 g/mol. The minimum absolute atomic E-state index is 0.179. The highest BCUT2D eigenvalue weighted by Gasteiger charge is 2.10. The van der Waals surface area contributed by atoms with Crippen LogP contribution >= 0.6 is 11.6 Å². The lowest BCUT2D eigenvalue weighted by molar-refractivity contribution is 0.621. The Labute approximate surface area is 138 Å². The standard InChI is InChI=1S/C17H15ClN4O/c1-2-22-17(23)16(20-14-7-4-8-19-11-14)10-15(21-22)12-5-3-6-13(18)9-12/h3-11,20H,2H2,1H3. The van der Waals surface area contributed by atoms with Gasteiger partial charge in [0.2, 0.25) is 0 Å². The molecular formula is C17H15ClN4O. The van der Waals surface area contributed by atoms with Crippen LogP contribution < -0.4 is 10.9 Å². The van der Waals surface area contributed by atoms with Gasteiger partial charge in [-0.2, -0.15) is 5.10 Å². The second-order valence-electron chi connectivity index (χ2n) is 4.94. The van der Waals surface area contributed by atoms with Crippen LogP contribution in [-0.4, -0.2) is 14.8 Å². The molecule has 0 aliphatic heterocycles. The Morgan fingerprint density at radius 1 is 1.22 bits per heavy atom. The van der Waals surface area contributed by atoms with Crippen molar-refractivity contribution in [3.63, 3.8) is 0 Å². The Hall–Kier alpha value is -2.66. The highest BCUT2D eigenvalue weighted by molar-refractivity contribution is 6.30. The van der Waals surface area contributed by atoms with Gasteiger partial charge in [0.25, 0.3) is 5.56 Å². The number of nitrogens with zero attached hydrogens (tertiary/aromatic N) is 3. The monoisotopic (exact) mass is 326 g/mol. The van der Waals surface area contributed by atoms with Crippen molar-refractivity contribution >= 4 is 23.0 Å². The summed E-state index contributed by atoms with van der Waals surface area (Å²) in [4.78, 5) is 16.5. The number of benzene rings is 1. The number of anilines is 2. The second-order valence-corrected chi connectivity index (χ2v) is 5.38. The van der Waals surface area contributed by atoms with E-state index in [-0.39, 0.29) is 5.56 Å². The molecule has 2 aromatic heterocycles. The maximum atomic E-state index is 12.4. The van der Waals surface area contributed by atoms with E-state index in [4.69, 9.17) is 11.6 Å². The molecule has 0 amide bonds. The third kappa shape index (κ3) is 3.40. The summed E-state index contributed by atoms with van der Waals surface area (Å²) in [7, 11) is 0. The van der Waals surface area contributed by atoms with Gasteiger partial charge in [-0.25, -0.2) is 4.68 Å². The first-order valence-electron chi connectivity index (χ1n) is 7.22. The predicted octanol–water partition coefficient (Wildman–Crippen LogP) is 3.72. The van der Waals surface area contributed by atoms with Crippen LogP contribution in [0.3, 0.4) is 0 Å². The number of rotatable bonds is 4. The minimum atomic E-state index is -0.179. The maximum Gasteiger partial charge on any atom is 0.290 e. The third-order valence-corrected chi connectivity index (χ3v) is 3.57. The molecule has 0 saturated carbocycles. The van der Waals surface area contributed by atoms with E-state index in [1.165, 1.54) is 4.68 Å². The highest BCUT2D eigenvalue weighted by Crippen LogP contribution is 2.22. The Kier molecular flexibility index (Phi) is 4.39. The molecule has 0 radical (unpaired) electrons. The number of aryl methyl sites for hydroxylation is 1. The first kappa shape index (κ1) is 15.2. The molecule has 0 atom stereocenters. The number of pyridine rings is 1. The van der Waals surface area contributed by atoms with Crippen molar-refractivity contribution in [2.24, 2.45) is 0 Å². The van der Waals surface area contributed by atoms with Crippen LogP contribution in [0.5, 0.6) is 0 Å². The van der Waals surface area contributed by atoms with Gasteiger partial charge in [-0.05, 0) is 37.3 Å². The van der Waals surface area contributed by atoms with E-state index in [1.807, 2.05) is 31.2 Å². The first-order valence-corrected chi connectivity index (χ1v) is 7.60. The summed E-state index contributed by atoms with van der Waals surface area (Å²) in [5.74, 6) is 0. The van der Waals surface area contributed by atoms with Crippen molar-refractivity contribution in [1.29, 1.82) is 0 Å². The number of aromatic nitrogens is 3. The highest BCUT2D eigenvalue weighted by atomic mass is 35.5. The summed E-state index contributed by atoms with van der Waals surface area (Å²) in [6, 6.07) is 12.8. The smallest absolute Gasteiger partial charge is 0.290 e. The van der Waals surface area contributed by atoms with Gasteiger partial charge in [-0.3, -0.25) is 9.78 Å². The van der Waals surface area contributed by atoms with E-state index in [0.717, 1.165) is 11.3 Å². The topological polar surface area (TPSA) is 59.8 Å². The van der Waals surface area contributed by atoms with E-state index in [1.54, 1.807) is 30.6 Å². The molecule has 116 valence electrons. The molecule has 6 heteroatoms. The summed E-state index contributed by atoms with van der Waals surface area (Å²) in [5, 5.41) is 8.12. The summed E-state index contributed by atoms with van der Waals surface area (Å²) in [6.07, 6.45) is 3.34. The molecule has 0 aliphatic carbocycles. The predicted molar refractivity (Wildman–Crippen MR) is 92.1 cm³/mol. The van der Waals surface area contributed by atoms with Gasteiger partial charge in [0.15, 0.2) is 0 Å². The van der Waals surface area contributed by atoms with Crippen molar-refractivity contribution < 1.29 is 0 Å². The fourth-order valence-corrected chi connectivity index (χ4v) is 2.42. The van der Waals surface area contributed by atoms with Gasteiger partial charge in [0.05, 0.1) is 17.6 Å². The summed E-state index contributed by atoms with van der Waals surface area (Å²) >= 11 is 6.05. The SMILES string of the molecule is CCn1nc(-c2cccc(Cl)c2)cc(Nc2cccnc2)c1=O. The average Bonchev–Trinajstić information content (AvgIpc) is 2.57. The van der Waals surface area contributed by atoms with Crippen LogP contribution in [0.1, 0.15) is 6.92 Å². The van der Waals surface area contributed by atoms with E-state index in [2.05, 4.69) is 15.4 Å². The molecule has 3 rings (SSSR count). The fraction of sp³-hybridized carbons (Fsp3) is 0.118. The lowest BCUT2D eigenvalue weighted by Crippen LogP contribution is -2.24. The average molecular weight is 327 g/mol. The second kappa shape index (κ2) is 6.62. The zero-order chi connectivity index (χ0) is 16.2. The van der Waals surface area contributed by atoms with E-state index in [0.29, 0.717) is 22.9 Å². The Morgan fingerprint density at radius 2 is 2.09 bits per heavy atom. The Balaban J connectivity index is 2.09. The van der Waals surface area contributed by atoms with E-state index >= 15 is 0 Å². The molecule has 0 unspecified atom stereocenters. The molecule has 0 bridgehead atoms. The number of halogens is 1. The Bertz CT molecular complexity index is 877. The third-order valence-electron chi connectivity index (χ3n) is 3.33. The van der Waals surface area contributed by atoms with Crippen LogP contribution in [0.2, 0.25) is 5.02 Å². The minimum Gasteiger partial charge on any atom is -0.350 e. The molecule has 0 saturated heterocycles. The van der Waals surface area contributed by atoms with Crippen LogP contribution in [0.25, 0.3) is 11.3 Å². The molecule has 23 heavy (non-hydrogen) atoms. The first-order chi connectivity index (χ1) is 11.2. The molecule has 1 aromatic carbocycles. The van der Waals surface area contributed by atoms with Gasteiger partial charge >= 0.3 is 0 Å². The van der Waals surface area contributed by atoms with Crippen LogP contribution in [0.4, 0.5) is 11.4 Å². The van der Waals surface area contributed by atoms with Crippen molar-refractivity contribution in [2.75, 3.05) is 5.32 Å². The zero-order valence-electron chi connectivity index (χ0n) is 12.5. The van der Waals surface area contributed by atoms with Crippen LogP contribution in [0, 0.1) is 0 Å². The van der Waals surface area contributed by atoms with Gasteiger partial charge in [0.1, 0.15) is 5.69 Å². The summed E-state index contributed by atoms with van der Waals surface area (Å²) < 4.78 is 1.43. The quantitative estimate of drug-likeness (QED) is 0.793. The summed E-state index contributed by atoms with van der Waals surface area (Å²) in [5.41, 5.74) is 2.55. The molecule has 3 aromatic rings. The van der Waals surface area contributed by atoms with E-state index in [9.17, 15) is 4.79 Å². The van der Waals surface area contributed by atoms with Crippen molar-refractivity contribution in [2.45, 2.75) is 13.5 Å². The van der Waals surface area contributed by atoms with Gasteiger partial charge in [-0.15, -0.1) is 0 Å². The van der Waals surface area contributed by atoms with Crippen molar-refractivity contribution in [3.8, 4) is 11.3 Å². The number of nitrogens with one attached hydrogen (secondary N) is 1. The van der Waals surface area contributed by atoms with Crippen molar-refractivity contribution in [1.82, 2.24) is 14.8 Å². The fourth-order valence-electron chi connectivity index (χ4n) is 2.23. The Morgan fingerprint density at radius 3 is 2.78 bits per heavy atom. The molecule has 0 spiro atoms. The van der Waals surface area contributed by atoms with Gasteiger partial charge in [0, 0.05) is 23.3 Å².